The number of rotatable bonds is 3. The first kappa shape index (κ1) is 13.6. The summed E-state index contributed by atoms with van der Waals surface area (Å²) in [6.45, 7) is 1.96. The lowest BCUT2D eigenvalue weighted by molar-refractivity contribution is 0.603. The molecular formula is C15H13FN4S. The number of nitrogens with zero attached hydrogens (tertiary/aromatic N) is 3. The maximum atomic E-state index is 13.4. The minimum absolute atomic E-state index is 0.137. The quantitative estimate of drug-likeness (QED) is 0.749. The van der Waals surface area contributed by atoms with Crippen LogP contribution in [0.25, 0.3) is 11.4 Å². The van der Waals surface area contributed by atoms with Crippen molar-refractivity contribution in [3.63, 3.8) is 0 Å². The van der Waals surface area contributed by atoms with Crippen molar-refractivity contribution in [2.24, 2.45) is 0 Å². The van der Waals surface area contributed by atoms with Crippen LogP contribution >= 0.6 is 12.2 Å². The predicted octanol–water partition coefficient (Wildman–Crippen LogP) is 3.75. The van der Waals surface area contributed by atoms with E-state index in [1.807, 2.05) is 29.7 Å². The van der Waals surface area contributed by atoms with Gasteiger partial charge in [0.15, 0.2) is 10.6 Å². The van der Waals surface area contributed by atoms with Crippen LogP contribution in [0.2, 0.25) is 0 Å². The first-order valence-corrected chi connectivity index (χ1v) is 6.90. The van der Waals surface area contributed by atoms with Gasteiger partial charge in [-0.25, -0.2) is 4.39 Å². The Balaban J connectivity index is 2.11. The molecule has 1 N–H and O–H groups in total. The Morgan fingerprint density at radius 1 is 1.29 bits per heavy atom. The van der Waals surface area contributed by atoms with E-state index in [0.717, 1.165) is 11.1 Å². The van der Waals surface area contributed by atoms with E-state index >= 15 is 0 Å². The summed E-state index contributed by atoms with van der Waals surface area (Å²) >= 11 is 5.31. The Bertz CT molecular complexity index is 810. The second-order valence-corrected chi connectivity index (χ2v) is 5.08. The zero-order valence-electron chi connectivity index (χ0n) is 11.3. The molecule has 3 aromatic rings. The highest BCUT2D eigenvalue weighted by molar-refractivity contribution is 7.71. The molecule has 6 heteroatoms. The zero-order valence-corrected chi connectivity index (χ0v) is 12.1. The Morgan fingerprint density at radius 3 is 2.86 bits per heavy atom. The van der Waals surface area contributed by atoms with Crippen molar-refractivity contribution in [2.75, 3.05) is 0 Å². The summed E-state index contributed by atoms with van der Waals surface area (Å²) in [5.74, 6) is 0.419. The summed E-state index contributed by atoms with van der Waals surface area (Å²) in [5.41, 5.74) is 1.69. The Kier molecular flexibility index (Phi) is 3.62. The van der Waals surface area contributed by atoms with E-state index in [4.69, 9.17) is 12.2 Å². The van der Waals surface area contributed by atoms with Gasteiger partial charge in [0, 0.05) is 18.0 Å². The third kappa shape index (κ3) is 2.62. The summed E-state index contributed by atoms with van der Waals surface area (Å²) in [5, 5.41) is 7.06. The molecule has 0 saturated heterocycles. The molecule has 1 aromatic carbocycles. The third-order valence-corrected chi connectivity index (χ3v) is 3.63. The smallest absolute Gasteiger partial charge is 0.196 e. The van der Waals surface area contributed by atoms with Crippen LogP contribution in [0.3, 0.4) is 0 Å². The van der Waals surface area contributed by atoms with Gasteiger partial charge in [-0.15, -0.1) is 0 Å². The number of halogens is 1. The largest absolute Gasteiger partial charge is 0.293 e. The Hall–Kier alpha value is -2.34. The van der Waals surface area contributed by atoms with Crippen LogP contribution in [-0.4, -0.2) is 19.7 Å². The fourth-order valence-corrected chi connectivity index (χ4v) is 2.57. The van der Waals surface area contributed by atoms with Crippen LogP contribution in [0.4, 0.5) is 4.39 Å². The van der Waals surface area contributed by atoms with Crippen molar-refractivity contribution < 1.29 is 4.39 Å². The maximum Gasteiger partial charge on any atom is 0.196 e. The van der Waals surface area contributed by atoms with Crippen molar-refractivity contribution in [1.29, 1.82) is 0 Å². The Morgan fingerprint density at radius 2 is 2.14 bits per heavy atom. The monoisotopic (exact) mass is 300 g/mol. The van der Waals surface area contributed by atoms with Gasteiger partial charge in [0.05, 0.1) is 6.04 Å². The number of hydrogen-bond donors (Lipinski definition) is 1. The molecule has 106 valence electrons. The molecule has 0 amide bonds. The molecule has 0 fully saturated rings. The molecule has 0 saturated carbocycles. The number of H-pyrrole nitrogens is 1. The summed E-state index contributed by atoms with van der Waals surface area (Å²) in [6.07, 6.45) is 3.42. The zero-order chi connectivity index (χ0) is 14.8. The number of aromatic amines is 1. The topological polar surface area (TPSA) is 46.5 Å². The highest BCUT2D eigenvalue weighted by Gasteiger charge is 2.16. The van der Waals surface area contributed by atoms with E-state index in [1.54, 1.807) is 18.5 Å². The molecule has 0 aliphatic carbocycles. The van der Waals surface area contributed by atoms with Crippen LogP contribution < -0.4 is 0 Å². The fraction of sp³-hybridized carbons (Fsp3) is 0.133. The highest BCUT2D eigenvalue weighted by Crippen LogP contribution is 2.25. The molecule has 21 heavy (non-hydrogen) atoms. The van der Waals surface area contributed by atoms with Crippen molar-refractivity contribution >= 4 is 12.2 Å². The van der Waals surface area contributed by atoms with Gasteiger partial charge in [-0.2, -0.15) is 5.10 Å². The van der Waals surface area contributed by atoms with Gasteiger partial charge in [0.25, 0.3) is 0 Å². The van der Waals surface area contributed by atoms with Gasteiger partial charge in [-0.1, -0.05) is 12.1 Å². The lowest BCUT2D eigenvalue weighted by atomic mass is 10.1. The number of pyridine rings is 1. The molecule has 3 rings (SSSR count). The van der Waals surface area contributed by atoms with E-state index in [1.165, 1.54) is 12.1 Å². The van der Waals surface area contributed by atoms with Crippen LogP contribution in [0.5, 0.6) is 0 Å². The molecule has 0 aliphatic rings. The second kappa shape index (κ2) is 5.57. The molecule has 0 spiro atoms. The summed E-state index contributed by atoms with van der Waals surface area (Å²) in [4.78, 5) is 4.10. The molecule has 0 aliphatic heterocycles. The number of aromatic nitrogens is 4. The fourth-order valence-electron chi connectivity index (χ4n) is 2.28. The van der Waals surface area contributed by atoms with E-state index in [0.29, 0.717) is 10.6 Å². The lowest BCUT2D eigenvalue weighted by Gasteiger charge is -2.16. The van der Waals surface area contributed by atoms with Gasteiger partial charge in [0.1, 0.15) is 5.82 Å². The summed E-state index contributed by atoms with van der Waals surface area (Å²) < 4.78 is 15.8. The highest BCUT2D eigenvalue weighted by atomic mass is 32.1. The van der Waals surface area contributed by atoms with Gasteiger partial charge in [-0.05, 0) is 49.0 Å². The summed E-state index contributed by atoms with van der Waals surface area (Å²) in [6, 6.07) is 10.1. The van der Waals surface area contributed by atoms with Crippen LogP contribution in [-0.2, 0) is 0 Å². The number of hydrogen-bond acceptors (Lipinski definition) is 3. The van der Waals surface area contributed by atoms with E-state index in [9.17, 15) is 4.39 Å². The molecular weight excluding hydrogens is 287 g/mol. The van der Waals surface area contributed by atoms with Gasteiger partial charge >= 0.3 is 0 Å². The van der Waals surface area contributed by atoms with E-state index in [-0.39, 0.29) is 11.9 Å². The average Bonchev–Trinajstić information content (AvgIpc) is 2.89. The minimum atomic E-state index is -0.266. The standard InChI is InChI=1S/C15H13FN4S/c1-10(11-4-2-6-13(16)8-11)20-14(18-19-15(20)21)12-5-3-7-17-9-12/h2-10H,1H3,(H,19,21). The molecule has 0 bridgehead atoms. The summed E-state index contributed by atoms with van der Waals surface area (Å²) in [7, 11) is 0. The van der Waals surface area contributed by atoms with Gasteiger partial charge in [-0.3, -0.25) is 14.6 Å². The van der Waals surface area contributed by atoms with Crippen LogP contribution in [0.15, 0.2) is 48.8 Å². The molecule has 0 radical (unpaired) electrons. The van der Waals surface area contributed by atoms with Crippen molar-refractivity contribution in [2.45, 2.75) is 13.0 Å². The average molecular weight is 300 g/mol. The normalized spacial score (nSPS) is 12.3. The second-order valence-electron chi connectivity index (χ2n) is 4.70. The predicted molar refractivity (Wildman–Crippen MR) is 80.9 cm³/mol. The van der Waals surface area contributed by atoms with Crippen molar-refractivity contribution in [3.8, 4) is 11.4 Å². The molecule has 2 heterocycles. The number of benzene rings is 1. The molecule has 1 unspecified atom stereocenters. The number of nitrogens with one attached hydrogen (secondary N) is 1. The molecule has 2 aromatic heterocycles. The van der Waals surface area contributed by atoms with E-state index in [2.05, 4.69) is 15.2 Å². The first-order chi connectivity index (χ1) is 10.2. The van der Waals surface area contributed by atoms with Crippen LogP contribution in [0.1, 0.15) is 18.5 Å². The minimum Gasteiger partial charge on any atom is -0.293 e. The van der Waals surface area contributed by atoms with Gasteiger partial charge in [0.2, 0.25) is 0 Å². The van der Waals surface area contributed by atoms with Gasteiger partial charge < -0.3 is 0 Å². The molecule has 4 nitrogen and oxygen atoms in total. The SMILES string of the molecule is CC(c1cccc(F)c1)n1c(-c2cccnc2)n[nH]c1=S. The first-order valence-electron chi connectivity index (χ1n) is 6.49. The van der Waals surface area contributed by atoms with E-state index < -0.39 is 0 Å². The Labute approximate surface area is 126 Å². The molecule has 1 atom stereocenters. The maximum absolute atomic E-state index is 13.4. The van der Waals surface area contributed by atoms with Crippen LogP contribution in [0, 0.1) is 10.6 Å². The van der Waals surface area contributed by atoms with Crippen molar-refractivity contribution in [1.82, 2.24) is 19.7 Å². The van der Waals surface area contributed by atoms with Crippen molar-refractivity contribution in [3.05, 3.63) is 64.9 Å². The lowest BCUT2D eigenvalue weighted by Crippen LogP contribution is -2.09. The third-order valence-electron chi connectivity index (χ3n) is 3.34.